The molecule has 0 amide bonds. The van der Waals surface area contributed by atoms with Crippen molar-refractivity contribution in [1.29, 1.82) is 0 Å². The molecule has 0 fully saturated rings. The third-order valence-electron chi connectivity index (χ3n) is 5.00. The number of nitrogens with one attached hydrogen (secondary N) is 1. The number of nitrogens with zero attached hydrogens (tertiary/aromatic N) is 4. The highest BCUT2D eigenvalue weighted by atomic mass is 32.1. The molecule has 0 saturated carbocycles. The zero-order valence-electron chi connectivity index (χ0n) is 17.4. The number of fused-ring (bicyclic) bond motifs is 1. The number of methoxy groups -OCH3 is 1. The van der Waals surface area contributed by atoms with E-state index >= 15 is 0 Å². The highest BCUT2D eigenvalue weighted by Crippen LogP contribution is 2.34. The van der Waals surface area contributed by atoms with Gasteiger partial charge in [0, 0.05) is 25.5 Å². The van der Waals surface area contributed by atoms with Crippen molar-refractivity contribution in [2.24, 2.45) is 0 Å². The van der Waals surface area contributed by atoms with Gasteiger partial charge in [-0.2, -0.15) is 0 Å². The molecular formula is C22H23N5O2S. The van der Waals surface area contributed by atoms with E-state index < -0.39 is 0 Å². The van der Waals surface area contributed by atoms with E-state index in [1.54, 1.807) is 0 Å². The van der Waals surface area contributed by atoms with Crippen molar-refractivity contribution in [3.8, 4) is 0 Å². The van der Waals surface area contributed by atoms with Crippen LogP contribution in [0.2, 0.25) is 0 Å². The predicted molar refractivity (Wildman–Crippen MR) is 118 cm³/mol. The van der Waals surface area contributed by atoms with E-state index in [1.165, 1.54) is 24.0 Å². The SMILES string of the molecule is COC(=O)c1sc2nc(C)nc(NCc3cccc(Cn4ccnc4C)c3)c2c1C. The Labute approximate surface area is 178 Å². The zero-order valence-corrected chi connectivity index (χ0v) is 18.2. The molecule has 154 valence electrons. The van der Waals surface area contributed by atoms with Crippen LogP contribution < -0.4 is 5.32 Å². The van der Waals surface area contributed by atoms with Gasteiger partial charge in [0.2, 0.25) is 0 Å². The summed E-state index contributed by atoms with van der Waals surface area (Å²) >= 11 is 1.34. The second-order valence-corrected chi connectivity index (χ2v) is 8.12. The van der Waals surface area contributed by atoms with Gasteiger partial charge >= 0.3 is 5.97 Å². The van der Waals surface area contributed by atoms with Crippen LogP contribution in [0.5, 0.6) is 0 Å². The number of benzene rings is 1. The Balaban J connectivity index is 1.59. The normalized spacial score (nSPS) is 11.1. The van der Waals surface area contributed by atoms with Gasteiger partial charge in [-0.25, -0.2) is 19.7 Å². The first kappa shape index (κ1) is 20.0. The topological polar surface area (TPSA) is 81.9 Å². The number of carbonyl (C=O) groups excluding carboxylic acids is 1. The summed E-state index contributed by atoms with van der Waals surface area (Å²) in [4.78, 5) is 26.8. The molecule has 4 rings (SSSR count). The van der Waals surface area contributed by atoms with Crippen molar-refractivity contribution in [2.45, 2.75) is 33.9 Å². The Morgan fingerprint density at radius 3 is 2.73 bits per heavy atom. The van der Waals surface area contributed by atoms with Crippen LogP contribution in [0.3, 0.4) is 0 Å². The lowest BCUT2D eigenvalue weighted by Gasteiger charge is -2.11. The highest BCUT2D eigenvalue weighted by molar-refractivity contribution is 7.20. The molecule has 4 aromatic rings. The number of ether oxygens (including phenoxy) is 1. The van der Waals surface area contributed by atoms with Gasteiger partial charge in [0.25, 0.3) is 0 Å². The number of esters is 1. The minimum atomic E-state index is -0.346. The fourth-order valence-corrected chi connectivity index (χ4v) is 4.60. The van der Waals surface area contributed by atoms with E-state index in [0.29, 0.717) is 17.2 Å². The molecule has 3 heterocycles. The van der Waals surface area contributed by atoms with Gasteiger partial charge in [-0.05, 0) is 37.5 Å². The average Bonchev–Trinajstić information content (AvgIpc) is 3.28. The molecule has 30 heavy (non-hydrogen) atoms. The number of imidazole rings is 1. The van der Waals surface area contributed by atoms with Gasteiger partial charge in [-0.3, -0.25) is 0 Å². The standard InChI is InChI=1S/C22H23N5O2S/c1-13-18-20(25-14(2)26-21(18)30-19(13)22(28)29-4)24-11-16-6-5-7-17(10-16)12-27-9-8-23-15(27)3/h5-10H,11-12H2,1-4H3,(H,24,25,26). The number of anilines is 1. The summed E-state index contributed by atoms with van der Waals surface area (Å²) in [7, 11) is 1.39. The van der Waals surface area contributed by atoms with Crippen molar-refractivity contribution in [1.82, 2.24) is 19.5 Å². The third kappa shape index (κ3) is 3.91. The minimum absolute atomic E-state index is 0.346. The number of thiophene rings is 1. The first-order valence-corrected chi connectivity index (χ1v) is 10.4. The van der Waals surface area contributed by atoms with Crippen LogP contribution in [-0.4, -0.2) is 32.6 Å². The van der Waals surface area contributed by atoms with Crippen LogP contribution in [-0.2, 0) is 17.8 Å². The van der Waals surface area contributed by atoms with Crippen LogP contribution in [0.4, 0.5) is 5.82 Å². The summed E-state index contributed by atoms with van der Waals surface area (Å²) in [5, 5.41) is 4.31. The molecular weight excluding hydrogens is 398 g/mol. The zero-order chi connectivity index (χ0) is 21.3. The Morgan fingerprint density at radius 1 is 1.20 bits per heavy atom. The smallest absolute Gasteiger partial charge is 0.348 e. The van der Waals surface area contributed by atoms with Gasteiger partial charge in [0.1, 0.15) is 27.2 Å². The van der Waals surface area contributed by atoms with E-state index in [4.69, 9.17) is 4.74 Å². The first-order chi connectivity index (χ1) is 14.5. The molecule has 3 aromatic heterocycles. The quantitative estimate of drug-likeness (QED) is 0.469. The van der Waals surface area contributed by atoms with E-state index in [9.17, 15) is 4.79 Å². The van der Waals surface area contributed by atoms with Gasteiger partial charge in [-0.1, -0.05) is 24.3 Å². The number of aromatic nitrogens is 4. The van der Waals surface area contributed by atoms with Crippen molar-refractivity contribution in [3.05, 3.63) is 69.9 Å². The summed E-state index contributed by atoms with van der Waals surface area (Å²) in [5.41, 5.74) is 3.20. The summed E-state index contributed by atoms with van der Waals surface area (Å²) < 4.78 is 7.02. The maximum absolute atomic E-state index is 12.1. The van der Waals surface area contributed by atoms with Gasteiger partial charge in [0.05, 0.1) is 12.5 Å². The highest BCUT2D eigenvalue weighted by Gasteiger charge is 2.20. The van der Waals surface area contributed by atoms with Crippen molar-refractivity contribution < 1.29 is 9.53 Å². The fourth-order valence-electron chi connectivity index (χ4n) is 3.45. The van der Waals surface area contributed by atoms with Gasteiger partial charge in [-0.15, -0.1) is 11.3 Å². The Morgan fingerprint density at radius 2 is 2.00 bits per heavy atom. The monoisotopic (exact) mass is 421 g/mol. The molecule has 0 radical (unpaired) electrons. The predicted octanol–water partition coefficient (Wildman–Crippen LogP) is 4.26. The molecule has 1 aromatic carbocycles. The lowest BCUT2D eigenvalue weighted by molar-refractivity contribution is 0.0605. The number of aryl methyl sites for hydroxylation is 3. The Hall–Kier alpha value is -3.26. The number of hydrogen-bond acceptors (Lipinski definition) is 7. The molecule has 0 aliphatic rings. The van der Waals surface area contributed by atoms with Gasteiger partial charge < -0.3 is 14.6 Å². The molecule has 7 nitrogen and oxygen atoms in total. The molecule has 0 unspecified atom stereocenters. The Bertz CT molecular complexity index is 1230. The molecule has 1 N–H and O–H groups in total. The van der Waals surface area contributed by atoms with E-state index in [2.05, 4.69) is 49.1 Å². The summed E-state index contributed by atoms with van der Waals surface area (Å²) in [6.45, 7) is 7.16. The third-order valence-corrected chi connectivity index (χ3v) is 6.17. The molecule has 0 aliphatic carbocycles. The summed E-state index contributed by atoms with van der Waals surface area (Å²) in [6.07, 6.45) is 3.80. The largest absolute Gasteiger partial charge is 0.465 e. The van der Waals surface area contributed by atoms with Crippen molar-refractivity contribution in [2.75, 3.05) is 12.4 Å². The second-order valence-electron chi connectivity index (χ2n) is 7.12. The number of rotatable bonds is 6. The second kappa shape index (κ2) is 8.23. The average molecular weight is 422 g/mol. The molecule has 0 bridgehead atoms. The van der Waals surface area contributed by atoms with Crippen molar-refractivity contribution >= 4 is 33.3 Å². The first-order valence-electron chi connectivity index (χ1n) is 9.61. The van der Waals surface area contributed by atoms with E-state index in [1.807, 2.05) is 33.2 Å². The van der Waals surface area contributed by atoms with Crippen molar-refractivity contribution in [3.63, 3.8) is 0 Å². The fraction of sp³-hybridized carbons (Fsp3) is 0.273. The number of carbonyl (C=O) groups is 1. The Kier molecular flexibility index (Phi) is 5.50. The maximum Gasteiger partial charge on any atom is 0.348 e. The van der Waals surface area contributed by atoms with E-state index in [-0.39, 0.29) is 5.97 Å². The van der Waals surface area contributed by atoms with Crippen LogP contribution in [0, 0.1) is 20.8 Å². The van der Waals surface area contributed by atoms with Crippen LogP contribution >= 0.6 is 11.3 Å². The molecule has 0 spiro atoms. The molecule has 0 atom stereocenters. The number of hydrogen-bond donors (Lipinski definition) is 1. The van der Waals surface area contributed by atoms with Crippen LogP contribution in [0.1, 0.15) is 38.0 Å². The van der Waals surface area contributed by atoms with Gasteiger partial charge in [0.15, 0.2) is 0 Å². The van der Waals surface area contributed by atoms with Crippen LogP contribution in [0.15, 0.2) is 36.7 Å². The lowest BCUT2D eigenvalue weighted by atomic mass is 10.1. The summed E-state index contributed by atoms with van der Waals surface area (Å²) in [6, 6.07) is 8.44. The summed E-state index contributed by atoms with van der Waals surface area (Å²) in [5.74, 6) is 2.04. The molecule has 0 saturated heterocycles. The molecule has 8 heteroatoms. The minimum Gasteiger partial charge on any atom is -0.465 e. The van der Waals surface area contributed by atoms with Crippen LogP contribution in [0.25, 0.3) is 10.2 Å². The molecule has 0 aliphatic heterocycles. The maximum atomic E-state index is 12.1. The lowest BCUT2D eigenvalue weighted by Crippen LogP contribution is -2.06. The van der Waals surface area contributed by atoms with E-state index in [0.717, 1.165) is 39.5 Å².